The third-order valence-corrected chi connectivity index (χ3v) is 2.87. The van der Waals surface area contributed by atoms with Crippen LogP contribution in [0.1, 0.15) is 6.92 Å². The lowest BCUT2D eigenvalue weighted by molar-refractivity contribution is 1.21. The summed E-state index contributed by atoms with van der Waals surface area (Å²) in [6, 6.07) is 5.68. The van der Waals surface area contributed by atoms with E-state index >= 15 is 0 Å². The summed E-state index contributed by atoms with van der Waals surface area (Å²) in [6.45, 7) is 2.64. The lowest BCUT2D eigenvalue weighted by atomic mass is 10.3. The molecule has 0 aliphatic heterocycles. The fourth-order valence-electron chi connectivity index (χ4n) is 0.906. The highest BCUT2D eigenvalue weighted by Crippen LogP contribution is 2.25. The predicted octanol–water partition coefficient (Wildman–Crippen LogP) is 4.66. The molecule has 0 saturated carbocycles. The maximum atomic E-state index is 5.99. The Morgan fingerprint density at radius 2 is 2.29 bits per heavy atom. The maximum absolute atomic E-state index is 5.99. The van der Waals surface area contributed by atoms with Gasteiger partial charge in [0.15, 0.2) is 0 Å². The van der Waals surface area contributed by atoms with Crippen molar-refractivity contribution in [3.8, 4) is 0 Å². The van der Waals surface area contributed by atoms with Gasteiger partial charge in [0.05, 0.1) is 10.7 Å². The lowest BCUT2D eigenvalue weighted by Gasteiger charge is -2.08. The van der Waals surface area contributed by atoms with Crippen LogP contribution in [0.4, 0.5) is 5.69 Å². The molecule has 1 rings (SSSR count). The summed E-state index contributed by atoms with van der Waals surface area (Å²) in [5.74, 6) is 0. The fraction of sp³-hybridized carbons (Fsp3) is 0.200. The molecule has 0 aromatic heterocycles. The van der Waals surface area contributed by atoms with Gasteiger partial charge in [-0.25, -0.2) is 0 Å². The minimum atomic E-state index is 0.694. The molecule has 1 nitrogen and oxygen atoms in total. The molecule has 0 aliphatic rings. The molecule has 0 amide bonds. The highest BCUT2D eigenvalue weighted by Gasteiger charge is 1.99. The van der Waals surface area contributed by atoms with Gasteiger partial charge in [-0.05, 0) is 30.7 Å². The SMILES string of the molecule is C/C(=C/Cl)CNc1cc(Br)ccc1Cl. The van der Waals surface area contributed by atoms with Gasteiger partial charge in [0, 0.05) is 16.6 Å². The van der Waals surface area contributed by atoms with E-state index in [4.69, 9.17) is 23.2 Å². The van der Waals surface area contributed by atoms with E-state index in [0.29, 0.717) is 11.6 Å². The van der Waals surface area contributed by atoms with Gasteiger partial charge in [-0.3, -0.25) is 0 Å². The Morgan fingerprint density at radius 3 is 2.93 bits per heavy atom. The van der Waals surface area contributed by atoms with Crippen LogP contribution in [-0.2, 0) is 0 Å². The number of hydrogen-bond acceptors (Lipinski definition) is 1. The first kappa shape index (κ1) is 11.9. The molecule has 76 valence electrons. The Labute approximate surface area is 102 Å². The predicted molar refractivity (Wildman–Crippen MR) is 67.3 cm³/mol. The number of anilines is 1. The average Bonchev–Trinajstić information content (AvgIpc) is 2.19. The van der Waals surface area contributed by atoms with Crippen molar-refractivity contribution in [3.05, 3.63) is 38.8 Å². The minimum Gasteiger partial charge on any atom is -0.380 e. The molecule has 0 fully saturated rings. The normalized spacial score (nSPS) is 11.6. The van der Waals surface area contributed by atoms with Gasteiger partial charge in [0.2, 0.25) is 0 Å². The van der Waals surface area contributed by atoms with Crippen LogP contribution in [0.25, 0.3) is 0 Å². The largest absolute Gasteiger partial charge is 0.380 e. The van der Waals surface area contributed by atoms with Crippen molar-refractivity contribution >= 4 is 44.8 Å². The number of nitrogens with one attached hydrogen (secondary N) is 1. The van der Waals surface area contributed by atoms with E-state index < -0.39 is 0 Å². The molecule has 0 aliphatic carbocycles. The van der Waals surface area contributed by atoms with E-state index in [-0.39, 0.29) is 0 Å². The van der Waals surface area contributed by atoms with E-state index in [2.05, 4.69) is 21.2 Å². The first-order valence-corrected chi connectivity index (χ1v) is 5.69. The van der Waals surface area contributed by atoms with Gasteiger partial charge in [-0.2, -0.15) is 0 Å². The molecule has 0 saturated heterocycles. The van der Waals surface area contributed by atoms with Crippen molar-refractivity contribution in [1.29, 1.82) is 0 Å². The maximum Gasteiger partial charge on any atom is 0.0638 e. The first-order valence-electron chi connectivity index (χ1n) is 4.08. The Kier molecular flexibility index (Phi) is 4.79. The minimum absolute atomic E-state index is 0.694. The standard InChI is InChI=1S/C10H10BrCl2N/c1-7(5-12)6-14-10-4-8(11)2-3-9(10)13/h2-5,14H,6H2,1H3/b7-5-. The van der Waals surface area contributed by atoms with Crippen molar-refractivity contribution in [3.63, 3.8) is 0 Å². The Hall–Kier alpha value is -0.180. The topological polar surface area (TPSA) is 12.0 Å². The summed E-state index contributed by atoms with van der Waals surface area (Å²) in [7, 11) is 0. The smallest absolute Gasteiger partial charge is 0.0638 e. The molecule has 4 heteroatoms. The average molecular weight is 295 g/mol. The fourth-order valence-corrected chi connectivity index (χ4v) is 1.53. The zero-order chi connectivity index (χ0) is 10.6. The highest BCUT2D eigenvalue weighted by atomic mass is 79.9. The van der Waals surface area contributed by atoms with Gasteiger partial charge in [0.1, 0.15) is 0 Å². The van der Waals surface area contributed by atoms with E-state index in [1.54, 1.807) is 5.54 Å². The third-order valence-electron chi connectivity index (χ3n) is 1.67. The monoisotopic (exact) mass is 293 g/mol. The van der Waals surface area contributed by atoms with Crippen molar-refractivity contribution in [2.75, 3.05) is 11.9 Å². The van der Waals surface area contributed by atoms with E-state index in [0.717, 1.165) is 15.7 Å². The summed E-state index contributed by atoms with van der Waals surface area (Å²) in [5, 5.41) is 3.89. The summed E-state index contributed by atoms with van der Waals surface area (Å²) in [6.07, 6.45) is 0. The van der Waals surface area contributed by atoms with Crippen LogP contribution in [-0.4, -0.2) is 6.54 Å². The van der Waals surface area contributed by atoms with Crippen LogP contribution in [0.15, 0.2) is 33.8 Å². The number of rotatable bonds is 3. The van der Waals surface area contributed by atoms with Crippen LogP contribution in [0.3, 0.4) is 0 Å². The third kappa shape index (κ3) is 3.52. The van der Waals surface area contributed by atoms with Crippen LogP contribution in [0, 0.1) is 0 Å². The second-order valence-electron chi connectivity index (χ2n) is 2.93. The Bertz CT molecular complexity index is 350. The van der Waals surface area contributed by atoms with E-state index in [1.807, 2.05) is 25.1 Å². The van der Waals surface area contributed by atoms with Crippen LogP contribution < -0.4 is 5.32 Å². The van der Waals surface area contributed by atoms with Gasteiger partial charge in [-0.1, -0.05) is 39.1 Å². The second kappa shape index (κ2) is 5.64. The summed E-state index contributed by atoms with van der Waals surface area (Å²) >= 11 is 14.9. The molecule has 0 bridgehead atoms. The lowest BCUT2D eigenvalue weighted by Crippen LogP contribution is -2.02. The molecule has 0 unspecified atom stereocenters. The first-order chi connectivity index (χ1) is 6.63. The Balaban J connectivity index is 2.71. The van der Waals surface area contributed by atoms with Gasteiger partial charge < -0.3 is 5.32 Å². The van der Waals surface area contributed by atoms with Gasteiger partial charge >= 0.3 is 0 Å². The Morgan fingerprint density at radius 1 is 1.57 bits per heavy atom. The molecular weight excluding hydrogens is 285 g/mol. The van der Waals surface area contributed by atoms with Crippen LogP contribution in [0.5, 0.6) is 0 Å². The molecule has 1 aromatic carbocycles. The molecule has 0 heterocycles. The quantitative estimate of drug-likeness (QED) is 0.855. The zero-order valence-electron chi connectivity index (χ0n) is 7.65. The van der Waals surface area contributed by atoms with Crippen molar-refractivity contribution < 1.29 is 0 Å². The number of halogens is 3. The van der Waals surface area contributed by atoms with Crippen molar-refractivity contribution in [2.45, 2.75) is 6.92 Å². The number of hydrogen-bond donors (Lipinski definition) is 1. The van der Waals surface area contributed by atoms with Crippen molar-refractivity contribution in [1.82, 2.24) is 0 Å². The summed E-state index contributed by atoms with van der Waals surface area (Å²) in [4.78, 5) is 0. The summed E-state index contributed by atoms with van der Waals surface area (Å²) in [5.41, 5.74) is 3.51. The van der Waals surface area contributed by atoms with Crippen LogP contribution >= 0.6 is 39.1 Å². The molecule has 14 heavy (non-hydrogen) atoms. The highest BCUT2D eigenvalue weighted by molar-refractivity contribution is 9.10. The molecule has 1 N–H and O–H groups in total. The molecule has 0 spiro atoms. The van der Waals surface area contributed by atoms with Crippen molar-refractivity contribution in [2.24, 2.45) is 0 Å². The molecule has 1 aromatic rings. The summed E-state index contributed by atoms with van der Waals surface area (Å²) < 4.78 is 0.997. The van der Waals surface area contributed by atoms with Gasteiger partial charge in [0.25, 0.3) is 0 Å². The van der Waals surface area contributed by atoms with E-state index in [9.17, 15) is 0 Å². The molecule has 0 radical (unpaired) electrons. The molecule has 0 atom stereocenters. The van der Waals surface area contributed by atoms with Crippen LogP contribution in [0.2, 0.25) is 5.02 Å². The van der Waals surface area contributed by atoms with E-state index in [1.165, 1.54) is 0 Å². The molecular formula is C10H10BrCl2N. The van der Waals surface area contributed by atoms with Gasteiger partial charge in [-0.15, -0.1) is 0 Å². The second-order valence-corrected chi connectivity index (χ2v) is 4.47. The zero-order valence-corrected chi connectivity index (χ0v) is 10.7. The number of benzene rings is 1.